The van der Waals surface area contributed by atoms with Gasteiger partial charge >= 0.3 is 5.97 Å². The highest BCUT2D eigenvalue weighted by Gasteiger charge is 2.23. The third-order valence-corrected chi connectivity index (χ3v) is 4.16. The number of nitrogens with one attached hydrogen (secondary N) is 3. The molecule has 0 radical (unpaired) electrons. The largest absolute Gasteiger partial charge is 0.480 e. The Balaban J connectivity index is 2.38. The molecule has 0 aliphatic carbocycles. The smallest absolute Gasteiger partial charge is 0.320 e. The number of rotatable bonds is 10. The van der Waals surface area contributed by atoms with Crippen molar-refractivity contribution in [1.29, 1.82) is 0 Å². The minimum atomic E-state index is -1.02. The van der Waals surface area contributed by atoms with E-state index in [9.17, 15) is 18.8 Å². The van der Waals surface area contributed by atoms with Gasteiger partial charge in [-0.1, -0.05) is 32.4 Å². The predicted octanol–water partition coefficient (Wildman–Crippen LogP) is 1.21. The molecule has 0 heterocycles. The Morgan fingerprint density at radius 3 is 2.23 bits per heavy atom. The molecule has 0 saturated carbocycles. The highest BCUT2D eigenvalue weighted by Crippen LogP contribution is 2.12. The van der Waals surface area contributed by atoms with Crippen molar-refractivity contribution in [2.45, 2.75) is 39.3 Å². The quantitative estimate of drug-likeness (QED) is 0.497. The lowest BCUT2D eigenvalue weighted by Crippen LogP contribution is -2.47. The number of carbonyl (C=O) groups excluding carboxylic acids is 2. The van der Waals surface area contributed by atoms with E-state index in [1.54, 1.807) is 26.0 Å². The van der Waals surface area contributed by atoms with E-state index in [0.717, 1.165) is 5.56 Å². The lowest BCUT2D eigenvalue weighted by molar-refractivity contribution is -0.141. The molecule has 2 amide bonds. The zero-order valence-electron chi connectivity index (χ0n) is 15.2. The monoisotopic (exact) mass is 367 g/mol. The van der Waals surface area contributed by atoms with E-state index >= 15 is 0 Å². The standard InChI is InChI=1S/C18H26FN3O4/c1-4-11(2)17(18(25)26)21-9-15(23)20-10-16(24)22-12(3)13-5-7-14(19)8-6-13/h5-8,11-12,17,21H,4,9-10H2,1-3H3,(H,20,23)(H,22,24)(H,25,26)/t11-,12?,17-/m0/s1. The average molecular weight is 367 g/mol. The van der Waals surface area contributed by atoms with E-state index in [0.29, 0.717) is 6.42 Å². The Hall–Kier alpha value is -2.48. The Kier molecular flexibility index (Phi) is 8.71. The van der Waals surface area contributed by atoms with Crippen molar-refractivity contribution in [2.24, 2.45) is 5.92 Å². The van der Waals surface area contributed by atoms with Crippen LogP contribution in [0.3, 0.4) is 0 Å². The van der Waals surface area contributed by atoms with Gasteiger partial charge in [-0.3, -0.25) is 19.7 Å². The molecule has 0 aromatic heterocycles. The second-order valence-corrected chi connectivity index (χ2v) is 6.20. The summed E-state index contributed by atoms with van der Waals surface area (Å²) in [5.74, 6) is -2.36. The van der Waals surface area contributed by atoms with Crippen molar-refractivity contribution in [1.82, 2.24) is 16.0 Å². The molecule has 0 fully saturated rings. The second kappa shape index (κ2) is 10.5. The molecule has 0 saturated heterocycles. The van der Waals surface area contributed by atoms with Crippen LogP contribution < -0.4 is 16.0 Å². The zero-order valence-corrected chi connectivity index (χ0v) is 15.2. The molecule has 7 nitrogen and oxygen atoms in total. The summed E-state index contributed by atoms with van der Waals surface area (Å²) in [6.45, 7) is 4.98. The molecule has 0 spiro atoms. The number of amides is 2. The molecule has 4 N–H and O–H groups in total. The fourth-order valence-corrected chi connectivity index (χ4v) is 2.34. The van der Waals surface area contributed by atoms with E-state index in [-0.39, 0.29) is 30.9 Å². The van der Waals surface area contributed by atoms with Gasteiger partial charge in [0.15, 0.2) is 0 Å². The van der Waals surface area contributed by atoms with Crippen LogP contribution in [0, 0.1) is 11.7 Å². The minimum Gasteiger partial charge on any atom is -0.480 e. The third-order valence-electron chi connectivity index (χ3n) is 4.16. The van der Waals surface area contributed by atoms with Crippen LogP contribution in [-0.4, -0.2) is 42.0 Å². The van der Waals surface area contributed by atoms with Gasteiger partial charge in [-0.25, -0.2) is 4.39 Å². The Bertz CT molecular complexity index is 621. The fraction of sp³-hybridized carbons (Fsp3) is 0.500. The van der Waals surface area contributed by atoms with Gasteiger partial charge in [-0.2, -0.15) is 0 Å². The second-order valence-electron chi connectivity index (χ2n) is 6.20. The molecule has 0 aliphatic heterocycles. The zero-order chi connectivity index (χ0) is 19.7. The molecule has 144 valence electrons. The summed E-state index contributed by atoms with van der Waals surface area (Å²) in [6, 6.07) is 4.61. The normalized spacial score (nSPS) is 14.2. The maximum Gasteiger partial charge on any atom is 0.320 e. The number of carboxylic acid groups (broad SMARTS) is 1. The SMILES string of the molecule is CC[C@H](C)[C@H](NCC(=O)NCC(=O)NC(C)c1ccc(F)cc1)C(=O)O. The number of halogens is 1. The first-order chi connectivity index (χ1) is 12.2. The van der Waals surface area contributed by atoms with Crippen LogP contribution in [0.15, 0.2) is 24.3 Å². The first kappa shape index (κ1) is 21.6. The van der Waals surface area contributed by atoms with Crippen LogP contribution in [0.2, 0.25) is 0 Å². The number of carboxylic acids is 1. The summed E-state index contributed by atoms with van der Waals surface area (Å²) >= 11 is 0. The molecular weight excluding hydrogens is 341 g/mol. The predicted molar refractivity (Wildman–Crippen MR) is 94.8 cm³/mol. The van der Waals surface area contributed by atoms with Crippen molar-refractivity contribution in [3.63, 3.8) is 0 Å². The fourth-order valence-electron chi connectivity index (χ4n) is 2.34. The number of carbonyl (C=O) groups is 3. The Morgan fingerprint density at radius 1 is 1.08 bits per heavy atom. The molecule has 1 rings (SSSR count). The molecule has 1 aromatic rings. The highest BCUT2D eigenvalue weighted by atomic mass is 19.1. The summed E-state index contributed by atoms with van der Waals surface area (Å²) in [5, 5.41) is 17.0. The molecule has 8 heteroatoms. The molecule has 26 heavy (non-hydrogen) atoms. The van der Waals surface area contributed by atoms with Gasteiger partial charge in [0.2, 0.25) is 11.8 Å². The van der Waals surface area contributed by atoms with Gasteiger partial charge in [-0.15, -0.1) is 0 Å². The summed E-state index contributed by atoms with van der Waals surface area (Å²) in [5.41, 5.74) is 0.741. The first-order valence-corrected chi connectivity index (χ1v) is 8.52. The number of hydrogen-bond acceptors (Lipinski definition) is 4. The molecular formula is C18H26FN3O4. The molecule has 0 bridgehead atoms. The van der Waals surface area contributed by atoms with Crippen LogP contribution in [-0.2, 0) is 14.4 Å². The molecule has 3 atom stereocenters. The van der Waals surface area contributed by atoms with Crippen molar-refractivity contribution < 1.29 is 23.9 Å². The number of aliphatic carboxylic acids is 1. The van der Waals surface area contributed by atoms with Crippen molar-refractivity contribution in [2.75, 3.05) is 13.1 Å². The maximum absolute atomic E-state index is 12.9. The Morgan fingerprint density at radius 2 is 1.69 bits per heavy atom. The first-order valence-electron chi connectivity index (χ1n) is 8.52. The average Bonchev–Trinajstić information content (AvgIpc) is 2.60. The minimum absolute atomic E-state index is 0.125. The van der Waals surface area contributed by atoms with Gasteiger partial charge in [-0.05, 0) is 30.5 Å². The van der Waals surface area contributed by atoms with Crippen molar-refractivity contribution in [3.8, 4) is 0 Å². The lowest BCUT2D eigenvalue weighted by atomic mass is 9.99. The van der Waals surface area contributed by atoms with E-state index in [1.807, 2.05) is 6.92 Å². The number of benzene rings is 1. The van der Waals surface area contributed by atoms with E-state index < -0.39 is 23.8 Å². The molecule has 0 aliphatic rings. The van der Waals surface area contributed by atoms with Gasteiger partial charge < -0.3 is 15.7 Å². The van der Waals surface area contributed by atoms with Crippen LogP contribution >= 0.6 is 0 Å². The highest BCUT2D eigenvalue weighted by molar-refractivity contribution is 5.86. The van der Waals surface area contributed by atoms with Crippen LogP contribution in [0.25, 0.3) is 0 Å². The summed E-state index contributed by atoms with van der Waals surface area (Å²) in [4.78, 5) is 34.8. The van der Waals surface area contributed by atoms with Gasteiger partial charge in [0, 0.05) is 0 Å². The van der Waals surface area contributed by atoms with E-state index in [1.165, 1.54) is 12.1 Å². The van der Waals surface area contributed by atoms with E-state index in [2.05, 4.69) is 16.0 Å². The molecule has 1 aromatic carbocycles. The van der Waals surface area contributed by atoms with Crippen LogP contribution in [0.4, 0.5) is 4.39 Å². The maximum atomic E-state index is 12.9. The summed E-state index contributed by atoms with van der Waals surface area (Å²) in [7, 11) is 0. The lowest BCUT2D eigenvalue weighted by Gasteiger charge is -2.20. The molecule has 1 unspecified atom stereocenters. The van der Waals surface area contributed by atoms with Gasteiger partial charge in [0.25, 0.3) is 0 Å². The number of hydrogen-bond donors (Lipinski definition) is 4. The third kappa shape index (κ3) is 7.18. The van der Waals surface area contributed by atoms with Crippen molar-refractivity contribution in [3.05, 3.63) is 35.6 Å². The van der Waals surface area contributed by atoms with Crippen LogP contribution in [0.1, 0.15) is 38.8 Å². The Labute approximate surface area is 152 Å². The van der Waals surface area contributed by atoms with Crippen molar-refractivity contribution >= 4 is 17.8 Å². The van der Waals surface area contributed by atoms with Crippen LogP contribution in [0.5, 0.6) is 0 Å². The topological polar surface area (TPSA) is 108 Å². The van der Waals surface area contributed by atoms with E-state index in [4.69, 9.17) is 5.11 Å². The summed E-state index contributed by atoms with van der Waals surface area (Å²) in [6.07, 6.45) is 0.662. The summed E-state index contributed by atoms with van der Waals surface area (Å²) < 4.78 is 12.9. The van der Waals surface area contributed by atoms with Gasteiger partial charge in [0.05, 0.1) is 19.1 Å². The van der Waals surface area contributed by atoms with Gasteiger partial charge in [0.1, 0.15) is 11.9 Å².